The number of carbonyl (C=O) groups is 1. The van der Waals surface area contributed by atoms with E-state index in [1.165, 1.54) is 0 Å². The molecule has 2 N–H and O–H groups in total. The second kappa shape index (κ2) is 7.68. The number of hydrogen-bond donors (Lipinski definition) is 2. The van der Waals surface area contributed by atoms with Crippen LogP contribution >= 0.6 is 0 Å². The standard InChI is InChI=1S/C13H20N2O3/c1-4-14-13(16)10-6-5-7-11(8-10)15-9-12(17-2)18-3/h5-8,12,15H,4,9H2,1-3H3,(H,14,16). The molecule has 0 saturated carbocycles. The van der Waals surface area contributed by atoms with E-state index in [0.29, 0.717) is 18.7 Å². The number of ether oxygens (including phenoxy) is 2. The van der Waals surface area contributed by atoms with Crippen molar-refractivity contribution in [1.29, 1.82) is 0 Å². The third-order valence-corrected chi connectivity index (χ3v) is 2.46. The summed E-state index contributed by atoms with van der Waals surface area (Å²) in [4.78, 5) is 11.7. The van der Waals surface area contributed by atoms with E-state index < -0.39 is 0 Å². The smallest absolute Gasteiger partial charge is 0.251 e. The minimum atomic E-state index is -0.307. The van der Waals surface area contributed by atoms with Crippen LogP contribution in [0.2, 0.25) is 0 Å². The Morgan fingerprint density at radius 2 is 2.06 bits per heavy atom. The predicted octanol–water partition coefficient (Wildman–Crippen LogP) is 1.47. The van der Waals surface area contributed by atoms with Crippen molar-refractivity contribution < 1.29 is 14.3 Å². The van der Waals surface area contributed by atoms with Gasteiger partial charge in [-0.2, -0.15) is 0 Å². The van der Waals surface area contributed by atoms with Gasteiger partial charge in [0, 0.05) is 32.0 Å². The Kier molecular flexibility index (Phi) is 6.18. The zero-order valence-corrected chi connectivity index (χ0v) is 11.0. The molecule has 0 aliphatic rings. The summed E-state index contributed by atoms with van der Waals surface area (Å²) < 4.78 is 10.1. The highest BCUT2D eigenvalue weighted by Crippen LogP contribution is 2.11. The minimum absolute atomic E-state index is 0.0730. The first-order valence-electron chi connectivity index (χ1n) is 5.89. The van der Waals surface area contributed by atoms with Crippen LogP contribution in [0.25, 0.3) is 0 Å². The molecule has 1 rings (SSSR count). The van der Waals surface area contributed by atoms with Crippen LogP contribution in [0, 0.1) is 0 Å². The lowest BCUT2D eigenvalue weighted by Gasteiger charge is -2.15. The Morgan fingerprint density at radius 1 is 1.33 bits per heavy atom. The normalized spacial score (nSPS) is 10.4. The molecule has 0 fully saturated rings. The lowest BCUT2D eigenvalue weighted by Crippen LogP contribution is -2.24. The van der Waals surface area contributed by atoms with Gasteiger partial charge >= 0.3 is 0 Å². The van der Waals surface area contributed by atoms with Gasteiger partial charge in [0.1, 0.15) is 0 Å². The Hall–Kier alpha value is -1.59. The SMILES string of the molecule is CCNC(=O)c1cccc(NCC(OC)OC)c1. The van der Waals surface area contributed by atoms with Crippen LogP contribution in [0.15, 0.2) is 24.3 Å². The molecule has 0 aliphatic heterocycles. The maximum Gasteiger partial charge on any atom is 0.251 e. The molecule has 0 atom stereocenters. The largest absolute Gasteiger partial charge is 0.380 e. The Morgan fingerprint density at radius 3 is 2.67 bits per heavy atom. The van der Waals surface area contributed by atoms with E-state index >= 15 is 0 Å². The number of carbonyl (C=O) groups excluding carboxylic acids is 1. The number of benzene rings is 1. The molecule has 100 valence electrons. The zero-order valence-electron chi connectivity index (χ0n) is 11.0. The highest BCUT2D eigenvalue weighted by molar-refractivity contribution is 5.95. The van der Waals surface area contributed by atoms with Crippen molar-refractivity contribution in [2.45, 2.75) is 13.2 Å². The molecule has 0 spiro atoms. The van der Waals surface area contributed by atoms with Gasteiger partial charge in [-0.15, -0.1) is 0 Å². The van der Waals surface area contributed by atoms with Crippen LogP contribution in [0.5, 0.6) is 0 Å². The minimum Gasteiger partial charge on any atom is -0.380 e. The fraction of sp³-hybridized carbons (Fsp3) is 0.462. The summed E-state index contributed by atoms with van der Waals surface area (Å²) in [6.07, 6.45) is -0.307. The number of methoxy groups -OCH3 is 2. The van der Waals surface area contributed by atoms with E-state index in [2.05, 4.69) is 10.6 Å². The molecule has 1 aromatic rings. The van der Waals surface area contributed by atoms with Gasteiger partial charge in [-0.25, -0.2) is 0 Å². The fourth-order valence-corrected chi connectivity index (χ4v) is 1.50. The van der Waals surface area contributed by atoms with Gasteiger partial charge in [-0.3, -0.25) is 4.79 Å². The van der Waals surface area contributed by atoms with E-state index in [1.807, 2.05) is 19.1 Å². The van der Waals surface area contributed by atoms with Crippen molar-refractivity contribution in [3.63, 3.8) is 0 Å². The monoisotopic (exact) mass is 252 g/mol. The molecule has 0 bridgehead atoms. The van der Waals surface area contributed by atoms with Crippen molar-refractivity contribution in [3.8, 4) is 0 Å². The average molecular weight is 252 g/mol. The van der Waals surface area contributed by atoms with E-state index in [0.717, 1.165) is 5.69 Å². The van der Waals surface area contributed by atoms with E-state index in [1.54, 1.807) is 26.4 Å². The average Bonchev–Trinajstić information content (AvgIpc) is 2.40. The quantitative estimate of drug-likeness (QED) is 0.721. The maximum absolute atomic E-state index is 11.7. The molecule has 0 aromatic heterocycles. The Labute approximate surface area is 107 Å². The molecular weight excluding hydrogens is 232 g/mol. The molecule has 0 unspecified atom stereocenters. The fourth-order valence-electron chi connectivity index (χ4n) is 1.50. The Balaban J connectivity index is 2.62. The van der Waals surface area contributed by atoms with Crippen LogP contribution in [-0.2, 0) is 9.47 Å². The first kappa shape index (κ1) is 14.5. The van der Waals surface area contributed by atoms with Crippen LogP contribution in [0.4, 0.5) is 5.69 Å². The van der Waals surface area contributed by atoms with E-state index in [9.17, 15) is 4.79 Å². The Bertz CT molecular complexity index is 378. The predicted molar refractivity (Wildman–Crippen MR) is 70.7 cm³/mol. The first-order chi connectivity index (χ1) is 8.71. The third-order valence-electron chi connectivity index (χ3n) is 2.46. The molecule has 0 aliphatic carbocycles. The summed E-state index contributed by atoms with van der Waals surface area (Å²) in [6, 6.07) is 7.31. The van der Waals surface area contributed by atoms with Gasteiger partial charge in [0.15, 0.2) is 6.29 Å². The summed E-state index contributed by atoms with van der Waals surface area (Å²) in [5, 5.41) is 5.91. The highest BCUT2D eigenvalue weighted by atomic mass is 16.7. The summed E-state index contributed by atoms with van der Waals surface area (Å²) >= 11 is 0. The second-order valence-corrected chi connectivity index (χ2v) is 3.72. The van der Waals surface area contributed by atoms with Crippen molar-refractivity contribution in [3.05, 3.63) is 29.8 Å². The lowest BCUT2D eigenvalue weighted by molar-refractivity contribution is -0.0914. The van der Waals surface area contributed by atoms with E-state index in [4.69, 9.17) is 9.47 Å². The molecule has 0 radical (unpaired) electrons. The summed E-state index contributed by atoms with van der Waals surface area (Å²) in [5.74, 6) is -0.0730. The molecule has 1 aromatic carbocycles. The van der Waals surface area contributed by atoms with Gasteiger partial charge in [0.25, 0.3) is 5.91 Å². The summed E-state index contributed by atoms with van der Waals surface area (Å²) in [6.45, 7) is 3.03. The molecule has 18 heavy (non-hydrogen) atoms. The summed E-state index contributed by atoms with van der Waals surface area (Å²) in [5.41, 5.74) is 1.49. The molecule has 5 heteroatoms. The number of hydrogen-bond acceptors (Lipinski definition) is 4. The number of nitrogens with one attached hydrogen (secondary N) is 2. The maximum atomic E-state index is 11.7. The van der Waals surface area contributed by atoms with Gasteiger partial charge < -0.3 is 20.1 Å². The van der Waals surface area contributed by atoms with Crippen molar-refractivity contribution in [2.75, 3.05) is 32.6 Å². The van der Waals surface area contributed by atoms with E-state index in [-0.39, 0.29) is 12.2 Å². The van der Waals surface area contributed by atoms with Gasteiger partial charge in [0.2, 0.25) is 0 Å². The topological polar surface area (TPSA) is 59.6 Å². The molecule has 0 heterocycles. The molecule has 0 saturated heterocycles. The molecule has 5 nitrogen and oxygen atoms in total. The van der Waals surface area contributed by atoms with Gasteiger partial charge in [-0.1, -0.05) is 6.07 Å². The molecule has 1 amide bonds. The van der Waals surface area contributed by atoms with Crippen LogP contribution in [0.1, 0.15) is 17.3 Å². The summed E-state index contributed by atoms with van der Waals surface area (Å²) in [7, 11) is 3.17. The third kappa shape index (κ3) is 4.35. The van der Waals surface area contributed by atoms with Crippen molar-refractivity contribution in [2.24, 2.45) is 0 Å². The van der Waals surface area contributed by atoms with Crippen molar-refractivity contribution >= 4 is 11.6 Å². The second-order valence-electron chi connectivity index (χ2n) is 3.72. The number of rotatable bonds is 7. The first-order valence-corrected chi connectivity index (χ1v) is 5.89. The zero-order chi connectivity index (χ0) is 13.4. The lowest BCUT2D eigenvalue weighted by atomic mass is 10.2. The number of amides is 1. The number of anilines is 1. The van der Waals surface area contributed by atoms with Gasteiger partial charge in [0.05, 0.1) is 6.54 Å². The highest BCUT2D eigenvalue weighted by Gasteiger charge is 2.07. The molecular formula is C13H20N2O3. The van der Waals surface area contributed by atoms with Crippen LogP contribution in [-0.4, -0.2) is 39.5 Å². The van der Waals surface area contributed by atoms with Crippen molar-refractivity contribution in [1.82, 2.24) is 5.32 Å². The van der Waals surface area contributed by atoms with Gasteiger partial charge in [-0.05, 0) is 25.1 Å². The van der Waals surface area contributed by atoms with Crippen LogP contribution in [0.3, 0.4) is 0 Å². The van der Waals surface area contributed by atoms with Crippen LogP contribution < -0.4 is 10.6 Å².